The minimum atomic E-state index is -0.539. The first-order valence-electron chi connectivity index (χ1n) is 10.2. The van der Waals surface area contributed by atoms with Gasteiger partial charge in [0, 0.05) is 19.0 Å². The van der Waals surface area contributed by atoms with Crippen LogP contribution in [0.2, 0.25) is 0 Å². The fourth-order valence-corrected chi connectivity index (χ4v) is 2.96. The number of nitrogens with one attached hydrogen (secondary N) is 1. The largest absolute Gasteiger partial charge is 0.494 e. The highest BCUT2D eigenvalue weighted by molar-refractivity contribution is 5.87. The van der Waals surface area contributed by atoms with Crippen LogP contribution in [0.5, 0.6) is 5.75 Å². The number of hydrogen-bond donors (Lipinski definition) is 1. The predicted molar refractivity (Wildman–Crippen MR) is 116 cm³/mol. The van der Waals surface area contributed by atoms with Crippen LogP contribution < -0.4 is 10.1 Å². The van der Waals surface area contributed by atoms with Gasteiger partial charge in [-0.05, 0) is 51.8 Å². The number of hydrogen-bond acceptors (Lipinski definition) is 3. The van der Waals surface area contributed by atoms with Gasteiger partial charge in [0.1, 0.15) is 11.8 Å². The zero-order chi connectivity index (χ0) is 21.2. The molecule has 0 aliphatic carbocycles. The maximum atomic E-state index is 12.9. The van der Waals surface area contributed by atoms with E-state index in [1.807, 2.05) is 75.4 Å². The number of rotatable bonds is 10. The standard InChI is InChI=1S/C24H32N2O3/c1-18(2)25-24(28)20(4)26(17-21-9-6-5-7-10-21)23(27)11-8-16-29-22-14-12-19(3)13-15-22/h5-7,9-10,12-15,18,20H,8,11,16-17H2,1-4H3,(H,25,28). The van der Waals surface area contributed by atoms with Gasteiger partial charge in [0.25, 0.3) is 0 Å². The second-order valence-electron chi connectivity index (χ2n) is 7.61. The zero-order valence-corrected chi connectivity index (χ0v) is 17.9. The summed E-state index contributed by atoms with van der Waals surface area (Å²) >= 11 is 0. The molecule has 0 saturated heterocycles. The lowest BCUT2D eigenvalue weighted by molar-refractivity contribution is -0.141. The van der Waals surface area contributed by atoms with E-state index in [0.29, 0.717) is 26.0 Å². The van der Waals surface area contributed by atoms with E-state index in [-0.39, 0.29) is 17.9 Å². The molecule has 5 heteroatoms. The summed E-state index contributed by atoms with van der Waals surface area (Å²) in [6.07, 6.45) is 0.925. The van der Waals surface area contributed by atoms with Gasteiger partial charge >= 0.3 is 0 Å². The predicted octanol–water partition coefficient (Wildman–Crippen LogP) is 4.10. The van der Waals surface area contributed by atoms with Gasteiger partial charge in [-0.15, -0.1) is 0 Å². The fraction of sp³-hybridized carbons (Fsp3) is 0.417. The van der Waals surface area contributed by atoms with E-state index in [2.05, 4.69) is 5.32 Å². The zero-order valence-electron chi connectivity index (χ0n) is 17.9. The van der Waals surface area contributed by atoms with Gasteiger partial charge < -0.3 is 15.0 Å². The Morgan fingerprint density at radius 2 is 1.66 bits per heavy atom. The molecule has 0 radical (unpaired) electrons. The first-order valence-corrected chi connectivity index (χ1v) is 10.2. The number of aryl methyl sites for hydroxylation is 1. The molecule has 0 saturated carbocycles. The molecule has 2 amide bonds. The average Bonchev–Trinajstić information content (AvgIpc) is 2.70. The Labute approximate surface area is 174 Å². The minimum Gasteiger partial charge on any atom is -0.494 e. The maximum absolute atomic E-state index is 12.9. The molecular weight excluding hydrogens is 364 g/mol. The molecule has 1 atom stereocenters. The quantitative estimate of drug-likeness (QED) is 0.615. The van der Waals surface area contributed by atoms with Crippen molar-refractivity contribution in [2.45, 2.75) is 59.2 Å². The van der Waals surface area contributed by atoms with E-state index >= 15 is 0 Å². The van der Waals surface area contributed by atoms with Gasteiger partial charge in [-0.3, -0.25) is 9.59 Å². The minimum absolute atomic E-state index is 0.0292. The summed E-state index contributed by atoms with van der Waals surface area (Å²) in [6, 6.07) is 17.1. The Kier molecular flexibility index (Phi) is 8.71. The van der Waals surface area contributed by atoms with Crippen molar-refractivity contribution in [1.82, 2.24) is 10.2 Å². The van der Waals surface area contributed by atoms with Crippen molar-refractivity contribution in [1.29, 1.82) is 0 Å². The highest BCUT2D eigenvalue weighted by Crippen LogP contribution is 2.14. The van der Waals surface area contributed by atoms with Crippen LogP contribution in [0.3, 0.4) is 0 Å². The number of benzene rings is 2. The topological polar surface area (TPSA) is 58.6 Å². The summed E-state index contributed by atoms with van der Waals surface area (Å²) in [5, 5.41) is 2.90. The van der Waals surface area contributed by atoms with E-state index in [4.69, 9.17) is 4.74 Å². The smallest absolute Gasteiger partial charge is 0.242 e. The molecule has 2 rings (SSSR count). The van der Waals surface area contributed by atoms with E-state index in [1.165, 1.54) is 5.56 Å². The second-order valence-corrected chi connectivity index (χ2v) is 7.61. The molecule has 0 aliphatic rings. The highest BCUT2D eigenvalue weighted by atomic mass is 16.5. The van der Waals surface area contributed by atoms with Gasteiger partial charge in [0.05, 0.1) is 6.61 Å². The summed E-state index contributed by atoms with van der Waals surface area (Å²) in [4.78, 5) is 27.1. The summed E-state index contributed by atoms with van der Waals surface area (Å²) in [5.74, 6) is 0.613. The van der Waals surface area contributed by atoms with Gasteiger partial charge in [-0.2, -0.15) is 0 Å². The molecule has 0 aromatic heterocycles. The first kappa shape index (κ1) is 22.5. The average molecular weight is 397 g/mol. The SMILES string of the molecule is Cc1ccc(OCCCC(=O)N(Cc2ccccc2)C(C)C(=O)NC(C)C)cc1. The Bertz CT molecular complexity index is 772. The van der Waals surface area contributed by atoms with Crippen LogP contribution in [0, 0.1) is 6.92 Å². The van der Waals surface area contributed by atoms with E-state index < -0.39 is 6.04 Å². The van der Waals surface area contributed by atoms with Gasteiger partial charge in [0.2, 0.25) is 11.8 Å². The molecule has 0 heterocycles. The lowest BCUT2D eigenvalue weighted by Crippen LogP contribution is -2.49. The van der Waals surface area contributed by atoms with Crippen molar-refractivity contribution in [3.8, 4) is 5.75 Å². The van der Waals surface area contributed by atoms with Crippen molar-refractivity contribution in [3.05, 3.63) is 65.7 Å². The third-order valence-corrected chi connectivity index (χ3v) is 4.62. The lowest BCUT2D eigenvalue weighted by atomic mass is 10.1. The summed E-state index contributed by atoms with van der Waals surface area (Å²) in [7, 11) is 0. The van der Waals surface area contributed by atoms with E-state index in [9.17, 15) is 9.59 Å². The van der Waals surface area contributed by atoms with Crippen LogP contribution in [0.15, 0.2) is 54.6 Å². The summed E-state index contributed by atoms with van der Waals surface area (Å²) < 4.78 is 5.72. The van der Waals surface area contributed by atoms with E-state index in [1.54, 1.807) is 11.8 Å². The van der Waals surface area contributed by atoms with Gasteiger partial charge in [-0.1, -0.05) is 48.0 Å². The molecule has 0 spiro atoms. The van der Waals surface area contributed by atoms with Crippen LogP contribution in [0.1, 0.15) is 44.7 Å². The van der Waals surface area contributed by atoms with Crippen LogP contribution in [0.25, 0.3) is 0 Å². The van der Waals surface area contributed by atoms with E-state index in [0.717, 1.165) is 11.3 Å². The van der Waals surface area contributed by atoms with Crippen LogP contribution in [-0.2, 0) is 16.1 Å². The van der Waals surface area contributed by atoms with Crippen molar-refractivity contribution in [2.24, 2.45) is 0 Å². The Morgan fingerprint density at radius 1 is 1.00 bits per heavy atom. The number of amides is 2. The third kappa shape index (κ3) is 7.60. The maximum Gasteiger partial charge on any atom is 0.242 e. The lowest BCUT2D eigenvalue weighted by Gasteiger charge is -2.29. The molecule has 1 unspecified atom stereocenters. The molecule has 2 aromatic carbocycles. The van der Waals surface area contributed by atoms with Crippen molar-refractivity contribution >= 4 is 11.8 Å². The molecule has 156 valence electrons. The van der Waals surface area contributed by atoms with Crippen LogP contribution >= 0.6 is 0 Å². The molecule has 2 aromatic rings. The number of carbonyl (C=O) groups excluding carboxylic acids is 2. The molecule has 29 heavy (non-hydrogen) atoms. The normalized spacial score (nSPS) is 11.8. The first-order chi connectivity index (χ1) is 13.9. The molecule has 0 aliphatic heterocycles. The van der Waals surface area contributed by atoms with Gasteiger partial charge in [0.15, 0.2) is 0 Å². The number of ether oxygens (including phenoxy) is 1. The van der Waals surface area contributed by atoms with Crippen molar-refractivity contribution in [2.75, 3.05) is 6.61 Å². The van der Waals surface area contributed by atoms with Crippen molar-refractivity contribution < 1.29 is 14.3 Å². The second kappa shape index (κ2) is 11.2. The number of nitrogens with zero attached hydrogens (tertiary/aromatic N) is 1. The van der Waals surface area contributed by atoms with Crippen molar-refractivity contribution in [3.63, 3.8) is 0 Å². The van der Waals surface area contributed by atoms with Crippen LogP contribution in [-0.4, -0.2) is 35.4 Å². The Hall–Kier alpha value is -2.82. The number of carbonyl (C=O) groups is 2. The highest BCUT2D eigenvalue weighted by Gasteiger charge is 2.26. The molecule has 0 fully saturated rings. The van der Waals surface area contributed by atoms with Crippen LogP contribution in [0.4, 0.5) is 0 Å². The summed E-state index contributed by atoms with van der Waals surface area (Å²) in [6.45, 7) is 8.50. The molecule has 0 bridgehead atoms. The third-order valence-electron chi connectivity index (χ3n) is 4.62. The van der Waals surface area contributed by atoms with Gasteiger partial charge in [-0.25, -0.2) is 0 Å². The fourth-order valence-electron chi connectivity index (χ4n) is 2.96. The Morgan fingerprint density at radius 3 is 2.28 bits per heavy atom. The molecular formula is C24H32N2O3. The Balaban J connectivity index is 1.95. The summed E-state index contributed by atoms with van der Waals surface area (Å²) in [5.41, 5.74) is 2.18. The molecule has 1 N–H and O–H groups in total. The molecule has 5 nitrogen and oxygen atoms in total. The monoisotopic (exact) mass is 396 g/mol.